The molecule has 42 heavy (non-hydrogen) atoms. The standard InChI is InChI=1S/C25H44N8O9/c1-12(2)10-15(21(38)32-16(11-18(35)36)23(40)33-9-5-7-17(33)24(41)42)31-20(37)14(6-4-8-29-25(27)28)30-22(39)19(26)13(3)34/h12-17,19,34H,4-11,26H2,1-3H3,(H,30,39)(H,31,37)(H,32,38)(H,35,36)(H,41,42)(H4,27,28,29)/t13-,14+,15+,16+,17+,19+/m1/s1. The van der Waals surface area contributed by atoms with Gasteiger partial charge in [-0.05, 0) is 44.9 Å². The van der Waals surface area contributed by atoms with Gasteiger partial charge in [0.2, 0.25) is 23.6 Å². The largest absolute Gasteiger partial charge is 0.481 e. The highest BCUT2D eigenvalue weighted by Gasteiger charge is 2.39. The van der Waals surface area contributed by atoms with Crippen LogP contribution in [-0.2, 0) is 28.8 Å². The van der Waals surface area contributed by atoms with Crippen molar-refractivity contribution in [3.8, 4) is 0 Å². The number of aliphatic hydroxyl groups is 1. The number of hydrogen-bond acceptors (Lipinski definition) is 9. The van der Waals surface area contributed by atoms with Gasteiger partial charge in [-0.3, -0.25) is 29.0 Å². The maximum absolute atomic E-state index is 13.3. The molecule has 1 saturated heterocycles. The summed E-state index contributed by atoms with van der Waals surface area (Å²) >= 11 is 0. The summed E-state index contributed by atoms with van der Waals surface area (Å²) in [5.41, 5.74) is 16.3. The van der Waals surface area contributed by atoms with E-state index in [1.165, 1.54) is 6.92 Å². The van der Waals surface area contributed by atoms with E-state index in [4.69, 9.17) is 17.2 Å². The van der Waals surface area contributed by atoms with Gasteiger partial charge in [0.1, 0.15) is 30.2 Å². The van der Waals surface area contributed by atoms with Gasteiger partial charge in [0.25, 0.3) is 0 Å². The van der Waals surface area contributed by atoms with E-state index in [1.54, 1.807) is 13.8 Å². The molecule has 0 aromatic carbocycles. The van der Waals surface area contributed by atoms with Crippen molar-refractivity contribution in [1.82, 2.24) is 20.9 Å². The molecule has 17 nitrogen and oxygen atoms in total. The van der Waals surface area contributed by atoms with Crippen molar-refractivity contribution >= 4 is 41.5 Å². The summed E-state index contributed by atoms with van der Waals surface area (Å²) in [6, 6.07) is -6.53. The van der Waals surface area contributed by atoms with E-state index < -0.39 is 78.3 Å². The minimum Gasteiger partial charge on any atom is -0.481 e. The first-order chi connectivity index (χ1) is 19.5. The Labute approximate surface area is 243 Å². The number of nitrogens with zero attached hydrogens (tertiary/aromatic N) is 2. The molecule has 1 heterocycles. The van der Waals surface area contributed by atoms with E-state index in [-0.39, 0.29) is 50.7 Å². The summed E-state index contributed by atoms with van der Waals surface area (Å²) in [4.78, 5) is 80.2. The Morgan fingerprint density at radius 2 is 1.50 bits per heavy atom. The van der Waals surface area contributed by atoms with Crippen LogP contribution < -0.4 is 33.2 Å². The lowest BCUT2D eigenvalue weighted by atomic mass is 10.0. The van der Waals surface area contributed by atoms with E-state index in [1.807, 2.05) is 0 Å². The Kier molecular flexibility index (Phi) is 14.7. The first kappa shape index (κ1) is 36.0. The second-order valence-electron chi connectivity index (χ2n) is 10.7. The third-order valence-corrected chi connectivity index (χ3v) is 6.56. The molecule has 0 spiro atoms. The molecular weight excluding hydrogens is 556 g/mol. The number of nitrogens with one attached hydrogen (secondary N) is 3. The van der Waals surface area contributed by atoms with Gasteiger partial charge >= 0.3 is 11.9 Å². The monoisotopic (exact) mass is 600 g/mol. The predicted octanol–water partition coefficient (Wildman–Crippen LogP) is -3.20. The number of guanidine groups is 1. The quantitative estimate of drug-likeness (QED) is 0.0453. The third-order valence-electron chi connectivity index (χ3n) is 6.56. The lowest BCUT2D eigenvalue weighted by Crippen LogP contribution is -2.59. The van der Waals surface area contributed by atoms with Gasteiger partial charge in [0, 0.05) is 13.1 Å². The number of aliphatic carboxylic acids is 2. The Bertz CT molecular complexity index is 1020. The van der Waals surface area contributed by atoms with Crippen molar-refractivity contribution in [1.29, 1.82) is 0 Å². The molecular formula is C25H44N8O9. The Morgan fingerprint density at radius 1 is 0.929 bits per heavy atom. The number of aliphatic hydroxyl groups excluding tert-OH is 1. The summed E-state index contributed by atoms with van der Waals surface area (Å²) < 4.78 is 0. The number of likely N-dealkylation sites (tertiary alicyclic amines) is 1. The summed E-state index contributed by atoms with van der Waals surface area (Å²) in [6.07, 6.45) is -1.08. The number of rotatable bonds is 17. The fourth-order valence-corrected chi connectivity index (χ4v) is 4.37. The number of nitrogens with two attached hydrogens (primary N) is 3. The predicted molar refractivity (Wildman–Crippen MR) is 149 cm³/mol. The SMILES string of the molecule is CC(C)C[C@H](NC(=O)[C@H](CCCN=C(N)N)NC(=O)[C@@H](N)[C@@H](C)O)C(=O)N[C@@H](CC(=O)O)C(=O)N1CCC[C@H]1C(=O)O. The lowest BCUT2D eigenvalue weighted by molar-refractivity contribution is -0.150. The van der Waals surface area contributed by atoms with Gasteiger partial charge in [-0.15, -0.1) is 0 Å². The van der Waals surface area contributed by atoms with Crippen LogP contribution >= 0.6 is 0 Å². The highest BCUT2D eigenvalue weighted by atomic mass is 16.4. The molecule has 0 unspecified atom stereocenters. The van der Waals surface area contributed by atoms with Crippen LogP contribution in [0.15, 0.2) is 4.99 Å². The van der Waals surface area contributed by atoms with Gasteiger partial charge in [-0.1, -0.05) is 13.8 Å². The molecule has 238 valence electrons. The van der Waals surface area contributed by atoms with Gasteiger partial charge in [-0.2, -0.15) is 0 Å². The molecule has 1 rings (SSSR count). The normalized spacial score (nSPS) is 18.2. The number of aliphatic imine (C=N–C) groups is 1. The maximum Gasteiger partial charge on any atom is 0.326 e. The van der Waals surface area contributed by atoms with E-state index in [9.17, 15) is 44.1 Å². The van der Waals surface area contributed by atoms with Crippen molar-refractivity contribution < 1.29 is 44.1 Å². The van der Waals surface area contributed by atoms with Crippen LogP contribution in [0.25, 0.3) is 0 Å². The minimum atomic E-state index is -1.58. The molecule has 1 aliphatic heterocycles. The third kappa shape index (κ3) is 11.9. The van der Waals surface area contributed by atoms with Crippen LogP contribution in [0.5, 0.6) is 0 Å². The van der Waals surface area contributed by atoms with E-state index in [2.05, 4.69) is 20.9 Å². The van der Waals surface area contributed by atoms with E-state index >= 15 is 0 Å². The van der Waals surface area contributed by atoms with Crippen LogP contribution in [0.2, 0.25) is 0 Å². The van der Waals surface area contributed by atoms with Gasteiger partial charge in [0.05, 0.1) is 12.5 Å². The molecule has 0 radical (unpaired) electrons. The van der Waals surface area contributed by atoms with Gasteiger partial charge < -0.3 is 53.4 Å². The fraction of sp³-hybridized carbons (Fsp3) is 0.720. The van der Waals surface area contributed by atoms with E-state index in [0.29, 0.717) is 6.42 Å². The highest BCUT2D eigenvalue weighted by Crippen LogP contribution is 2.19. The first-order valence-corrected chi connectivity index (χ1v) is 13.7. The smallest absolute Gasteiger partial charge is 0.326 e. The molecule has 0 aromatic heterocycles. The van der Waals surface area contributed by atoms with Crippen molar-refractivity contribution in [3.05, 3.63) is 0 Å². The van der Waals surface area contributed by atoms with E-state index in [0.717, 1.165) is 4.90 Å². The topological polar surface area (TPSA) is 293 Å². The van der Waals surface area contributed by atoms with Gasteiger partial charge in [0.15, 0.2) is 5.96 Å². The number of carbonyl (C=O) groups is 6. The number of carboxylic acids is 2. The summed E-state index contributed by atoms with van der Waals surface area (Å²) in [5.74, 6) is -6.28. The van der Waals surface area contributed by atoms with Gasteiger partial charge in [-0.25, -0.2) is 4.79 Å². The first-order valence-electron chi connectivity index (χ1n) is 13.7. The molecule has 0 saturated carbocycles. The fourth-order valence-electron chi connectivity index (χ4n) is 4.37. The number of hydrogen-bond donors (Lipinski definition) is 9. The Balaban J connectivity index is 3.16. The molecule has 1 aliphatic rings. The minimum absolute atomic E-state index is 0.0303. The molecule has 0 bridgehead atoms. The molecule has 12 N–H and O–H groups in total. The zero-order valence-electron chi connectivity index (χ0n) is 24.1. The van der Waals surface area contributed by atoms with Crippen LogP contribution in [-0.4, -0.2) is 111 Å². The number of carbonyl (C=O) groups excluding carboxylic acids is 4. The Morgan fingerprint density at radius 3 is 2.02 bits per heavy atom. The van der Waals surface area contributed by atoms with Crippen LogP contribution in [0.3, 0.4) is 0 Å². The average molecular weight is 601 g/mol. The second-order valence-corrected chi connectivity index (χ2v) is 10.7. The molecule has 4 amide bonds. The molecule has 0 aliphatic carbocycles. The number of carboxylic acid groups (broad SMARTS) is 2. The average Bonchev–Trinajstić information content (AvgIpc) is 3.38. The van der Waals surface area contributed by atoms with Crippen molar-refractivity contribution in [2.75, 3.05) is 13.1 Å². The zero-order chi connectivity index (χ0) is 32.1. The molecule has 6 atom stereocenters. The van der Waals surface area contributed by atoms with Crippen LogP contribution in [0, 0.1) is 5.92 Å². The summed E-state index contributed by atoms with van der Waals surface area (Å²) in [5, 5.41) is 35.8. The summed E-state index contributed by atoms with van der Waals surface area (Å²) in [7, 11) is 0. The van der Waals surface area contributed by atoms with Crippen molar-refractivity contribution in [3.63, 3.8) is 0 Å². The zero-order valence-corrected chi connectivity index (χ0v) is 24.1. The molecule has 1 fully saturated rings. The van der Waals surface area contributed by atoms with Crippen LogP contribution in [0.4, 0.5) is 0 Å². The summed E-state index contributed by atoms with van der Waals surface area (Å²) in [6.45, 7) is 5.06. The molecule has 0 aromatic rings. The highest BCUT2D eigenvalue weighted by molar-refractivity contribution is 5.96. The maximum atomic E-state index is 13.3. The van der Waals surface area contributed by atoms with Crippen LogP contribution in [0.1, 0.15) is 59.3 Å². The van der Waals surface area contributed by atoms with Crippen molar-refractivity contribution in [2.24, 2.45) is 28.1 Å². The molecule has 17 heteroatoms. The Hall–Kier alpha value is -3.99. The second kappa shape index (κ2) is 17.1. The van der Waals surface area contributed by atoms with Crippen molar-refractivity contribution in [2.45, 2.75) is 95.6 Å². The lowest BCUT2D eigenvalue weighted by Gasteiger charge is -2.29. The number of amides is 4.